The molecule has 0 aromatic rings. The summed E-state index contributed by atoms with van der Waals surface area (Å²) in [7, 11) is 2.70. The highest BCUT2D eigenvalue weighted by Gasteiger charge is 2.55. The van der Waals surface area contributed by atoms with Crippen molar-refractivity contribution in [3.8, 4) is 0 Å². The first-order valence-electron chi connectivity index (χ1n) is 2.48. The number of hydrogen-bond donors (Lipinski definition) is 0. The minimum atomic E-state index is -0.694. The molecule has 1 aliphatic rings. The van der Waals surface area contributed by atoms with Crippen LogP contribution in [0.25, 0.3) is 0 Å². The molecule has 0 N–H and O–H groups in total. The van der Waals surface area contributed by atoms with Crippen molar-refractivity contribution in [2.75, 3.05) is 0 Å². The van der Waals surface area contributed by atoms with E-state index in [1.807, 2.05) is 0 Å². The topological polar surface area (TPSA) is 34.1 Å². The normalized spacial score (nSPS) is 21.1. The van der Waals surface area contributed by atoms with Crippen LogP contribution in [0.4, 0.5) is 0 Å². The SMILES string of the molecule is CC(=O)C1(C(C)=O)SS1. The molecule has 0 saturated carbocycles. The van der Waals surface area contributed by atoms with E-state index >= 15 is 0 Å². The first-order valence-corrected chi connectivity index (χ1v) is 4.63. The fourth-order valence-electron chi connectivity index (χ4n) is 0.524. The molecule has 1 saturated heterocycles. The lowest BCUT2D eigenvalue weighted by molar-refractivity contribution is -0.124. The zero-order valence-corrected chi connectivity index (χ0v) is 6.77. The first kappa shape index (κ1) is 7.15. The Balaban J connectivity index is 2.75. The van der Waals surface area contributed by atoms with Gasteiger partial charge in [0.1, 0.15) is 0 Å². The predicted molar refractivity (Wildman–Crippen MR) is 39.3 cm³/mol. The Bertz CT molecular complexity index is 156. The molecular formula is C5H6O2S2. The van der Waals surface area contributed by atoms with Crippen LogP contribution in [0, 0.1) is 0 Å². The van der Waals surface area contributed by atoms with Crippen molar-refractivity contribution < 1.29 is 9.59 Å². The Hall–Kier alpha value is 0.0400. The number of carbonyl (C=O) groups is 2. The monoisotopic (exact) mass is 162 g/mol. The lowest BCUT2D eigenvalue weighted by Crippen LogP contribution is -2.24. The molecule has 0 aromatic heterocycles. The van der Waals surface area contributed by atoms with Crippen molar-refractivity contribution in [2.45, 2.75) is 17.9 Å². The number of Topliss-reactive ketones (excluding diaryl/α,β-unsaturated/α-hetero) is 2. The molecule has 4 heteroatoms. The standard InChI is InChI=1S/C5H6O2S2/c1-3(6)5(4(2)7)8-9-5/h1-2H3. The van der Waals surface area contributed by atoms with Crippen molar-refractivity contribution in [3.05, 3.63) is 0 Å². The molecule has 0 radical (unpaired) electrons. The molecule has 0 aromatic carbocycles. The number of ketones is 2. The Kier molecular flexibility index (Phi) is 1.61. The Morgan fingerprint density at radius 2 is 1.44 bits per heavy atom. The third-order valence-electron chi connectivity index (χ3n) is 1.18. The highest BCUT2D eigenvalue weighted by atomic mass is 33.2. The maximum atomic E-state index is 10.7. The van der Waals surface area contributed by atoms with E-state index in [9.17, 15) is 9.59 Å². The van der Waals surface area contributed by atoms with Gasteiger partial charge in [0.25, 0.3) is 0 Å². The molecule has 9 heavy (non-hydrogen) atoms. The van der Waals surface area contributed by atoms with Crippen LogP contribution in [0.15, 0.2) is 0 Å². The van der Waals surface area contributed by atoms with E-state index in [0.29, 0.717) is 0 Å². The number of rotatable bonds is 2. The van der Waals surface area contributed by atoms with Gasteiger partial charge in [-0.05, 0) is 13.8 Å². The molecular weight excluding hydrogens is 156 g/mol. The van der Waals surface area contributed by atoms with Gasteiger partial charge in [0.15, 0.2) is 15.6 Å². The van der Waals surface area contributed by atoms with Crippen molar-refractivity contribution in [1.82, 2.24) is 0 Å². The summed E-state index contributed by atoms with van der Waals surface area (Å²) in [5, 5.41) is 0. The summed E-state index contributed by atoms with van der Waals surface area (Å²) in [5.74, 6) is -0.0741. The van der Waals surface area contributed by atoms with Crippen LogP contribution in [0.5, 0.6) is 0 Å². The molecule has 1 heterocycles. The van der Waals surface area contributed by atoms with Gasteiger partial charge in [-0.2, -0.15) is 0 Å². The summed E-state index contributed by atoms with van der Waals surface area (Å²) in [6.07, 6.45) is 0. The summed E-state index contributed by atoms with van der Waals surface area (Å²) >= 11 is 0. The lowest BCUT2D eigenvalue weighted by atomic mass is 10.2. The molecule has 0 spiro atoms. The van der Waals surface area contributed by atoms with Gasteiger partial charge in [-0.1, -0.05) is 21.6 Å². The van der Waals surface area contributed by atoms with Crippen LogP contribution in [0.3, 0.4) is 0 Å². The zero-order chi connectivity index (χ0) is 7.07. The summed E-state index contributed by atoms with van der Waals surface area (Å²) in [6, 6.07) is 0. The van der Waals surface area contributed by atoms with Crippen LogP contribution in [0.1, 0.15) is 13.8 Å². The van der Waals surface area contributed by atoms with Crippen molar-refractivity contribution >= 4 is 33.2 Å². The largest absolute Gasteiger partial charge is 0.297 e. The predicted octanol–water partition coefficient (Wildman–Crippen LogP) is 1.26. The van der Waals surface area contributed by atoms with Crippen molar-refractivity contribution in [2.24, 2.45) is 0 Å². The van der Waals surface area contributed by atoms with Crippen molar-refractivity contribution in [1.29, 1.82) is 0 Å². The average Bonchev–Trinajstić information content (AvgIpc) is 2.40. The van der Waals surface area contributed by atoms with Crippen LogP contribution < -0.4 is 0 Å². The Morgan fingerprint density at radius 1 is 1.11 bits per heavy atom. The smallest absolute Gasteiger partial charge is 0.197 e. The average molecular weight is 162 g/mol. The van der Waals surface area contributed by atoms with E-state index in [0.717, 1.165) is 0 Å². The van der Waals surface area contributed by atoms with Gasteiger partial charge in [-0.15, -0.1) is 0 Å². The van der Waals surface area contributed by atoms with Crippen LogP contribution in [-0.4, -0.2) is 15.6 Å². The van der Waals surface area contributed by atoms with Crippen LogP contribution in [0.2, 0.25) is 0 Å². The molecule has 0 atom stereocenters. The first-order chi connectivity index (χ1) is 4.09. The summed E-state index contributed by atoms with van der Waals surface area (Å²) in [4.78, 5) is 21.4. The maximum Gasteiger partial charge on any atom is 0.197 e. The van der Waals surface area contributed by atoms with Gasteiger partial charge in [-0.3, -0.25) is 9.59 Å². The summed E-state index contributed by atoms with van der Waals surface area (Å²) < 4.78 is -0.694. The molecule has 1 rings (SSSR count). The summed E-state index contributed by atoms with van der Waals surface area (Å²) in [6.45, 7) is 2.91. The van der Waals surface area contributed by atoms with E-state index in [4.69, 9.17) is 0 Å². The molecule has 50 valence electrons. The molecule has 0 unspecified atom stereocenters. The van der Waals surface area contributed by atoms with Gasteiger partial charge in [0.2, 0.25) is 0 Å². The van der Waals surface area contributed by atoms with E-state index in [1.165, 1.54) is 35.4 Å². The van der Waals surface area contributed by atoms with E-state index in [2.05, 4.69) is 0 Å². The maximum absolute atomic E-state index is 10.7. The van der Waals surface area contributed by atoms with E-state index < -0.39 is 4.08 Å². The second-order valence-corrected chi connectivity index (χ2v) is 4.71. The minimum Gasteiger partial charge on any atom is -0.297 e. The van der Waals surface area contributed by atoms with Crippen LogP contribution >= 0.6 is 21.6 Å². The highest BCUT2D eigenvalue weighted by molar-refractivity contribution is 8.94. The molecule has 0 amide bonds. The molecule has 0 bridgehead atoms. The number of carbonyl (C=O) groups excluding carboxylic acids is 2. The quantitative estimate of drug-likeness (QED) is 0.348. The van der Waals surface area contributed by atoms with Crippen molar-refractivity contribution in [3.63, 3.8) is 0 Å². The fraction of sp³-hybridized carbons (Fsp3) is 0.600. The molecule has 1 fully saturated rings. The Morgan fingerprint density at radius 3 is 1.44 bits per heavy atom. The molecule has 1 aliphatic heterocycles. The van der Waals surface area contributed by atoms with Gasteiger partial charge in [0, 0.05) is 0 Å². The molecule has 0 aliphatic carbocycles. The second kappa shape index (κ2) is 2.02. The van der Waals surface area contributed by atoms with Crippen LogP contribution in [-0.2, 0) is 9.59 Å². The van der Waals surface area contributed by atoms with E-state index in [-0.39, 0.29) is 11.6 Å². The third-order valence-corrected chi connectivity index (χ3v) is 4.33. The number of hydrogen-bond acceptors (Lipinski definition) is 4. The Labute approximate surface area is 61.2 Å². The van der Waals surface area contributed by atoms with Gasteiger partial charge >= 0.3 is 0 Å². The molecule has 2 nitrogen and oxygen atoms in total. The highest BCUT2D eigenvalue weighted by Crippen LogP contribution is 2.65. The third kappa shape index (κ3) is 1.01. The zero-order valence-electron chi connectivity index (χ0n) is 5.13. The van der Waals surface area contributed by atoms with Gasteiger partial charge < -0.3 is 0 Å². The van der Waals surface area contributed by atoms with Gasteiger partial charge in [0.05, 0.1) is 0 Å². The summed E-state index contributed by atoms with van der Waals surface area (Å²) in [5.41, 5.74) is 0. The van der Waals surface area contributed by atoms with E-state index in [1.54, 1.807) is 0 Å². The minimum absolute atomic E-state index is 0.0370. The fourth-order valence-corrected chi connectivity index (χ4v) is 2.74. The lowest BCUT2D eigenvalue weighted by Gasteiger charge is -1.98. The van der Waals surface area contributed by atoms with Gasteiger partial charge in [-0.25, -0.2) is 0 Å². The second-order valence-electron chi connectivity index (χ2n) is 1.90.